The zero-order valence-corrected chi connectivity index (χ0v) is 31.3. The molecule has 1 aromatic carbocycles. The number of likely N-dealkylation sites (tertiary alicyclic amines) is 1. The van der Waals surface area contributed by atoms with E-state index < -0.39 is 11.7 Å². The van der Waals surface area contributed by atoms with Gasteiger partial charge in [0.2, 0.25) is 5.91 Å². The Bertz CT molecular complexity index is 877. The van der Waals surface area contributed by atoms with Gasteiger partial charge in [-0.1, -0.05) is 109 Å². The summed E-state index contributed by atoms with van der Waals surface area (Å²) >= 11 is 6.31. The molecule has 0 aromatic heterocycles. The molecular weight excluding hydrogens is 601 g/mol. The Labute approximate surface area is 287 Å². The summed E-state index contributed by atoms with van der Waals surface area (Å²) in [4.78, 5) is 17.8. The summed E-state index contributed by atoms with van der Waals surface area (Å²) in [5, 5.41) is 22.5. The van der Waals surface area contributed by atoms with Gasteiger partial charge in [0.15, 0.2) is 0 Å². The van der Waals surface area contributed by atoms with Crippen LogP contribution >= 0.6 is 11.6 Å². The van der Waals surface area contributed by atoms with E-state index in [2.05, 4.69) is 52.6 Å². The summed E-state index contributed by atoms with van der Waals surface area (Å²) < 4.78 is 9.00. The molecule has 1 unspecified atom stereocenters. The maximum Gasteiger partial charge on any atom is 0.222 e. The van der Waals surface area contributed by atoms with Crippen molar-refractivity contribution in [3.05, 3.63) is 34.9 Å². The first-order valence-electron chi connectivity index (χ1n) is 18.3. The third-order valence-electron chi connectivity index (χ3n) is 9.43. The van der Waals surface area contributed by atoms with Gasteiger partial charge < -0.3 is 20.0 Å². The van der Waals surface area contributed by atoms with Crippen LogP contribution in [0.15, 0.2) is 24.3 Å². The lowest BCUT2D eigenvalue weighted by Crippen LogP contribution is -2.48. The summed E-state index contributed by atoms with van der Waals surface area (Å²) in [5.41, 5.74) is -0.244. The van der Waals surface area contributed by atoms with Crippen molar-refractivity contribution in [2.45, 2.75) is 149 Å². The number of hydrogen-bond acceptors (Lipinski definition) is 5. The maximum absolute atomic E-state index is 13.6. The van der Waals surface area contributed by atoms with Crippen molar-refractivity contribution >= 4 is 17.5 Å². The lowest BCUT2D eigenvalue weighted by atomic mass is 9.74. The molecule has 1 heterocycles. The predicted octanol–water partition coefficient (Wildman–Crippen LogP) is 9.30. The fourth-order valence-corrected chi connectivity index (χ4v) is 6.80. The highest BCUT2D eigenvalue weighted by Crippen LogP contribution is 2.41. The molecule has 1 aliphatic heterocycles. The lowest BCUT2D eigenvalue weighted by molar-refractivity contribution is -0.138. The Morgan fingerprint density at radius 2 is 1.65 bits per heavy atom. The molecule has 3 rings (SSSR count). The number of halogens is 2. The Morgan fingerprint density at radius 1 is 1.04 bits per heavy atom. The number of unbranched alkanes of at least 4 members (excludes halogenated alkanes) is 2. The van der Waals surface area contributed by atoms with Crippen molar-refractivity contribution in [1.82, 2.24) is 9.80 Å². The van der Waals surface area contributed by atoms with Crippen LogP contribution in [-0.2, 0) is 10.4 Å². The van der Waals surface area contributed by atoms with E-state index in [1.807, 2.05) is 29.2 Å². The molecule has 4 N–H and O–H groups in total. The number of piperidine rings is 1. The first-order chi connectivity index (χ1) is 22.0. The highest BCUT2D eigenvalue weighted by molar-refractivity contribution is 6.30. The second-order valence-electron chi connectivity index (χ2n) is 13.9. The summed E-state index contributed by atoms with van der Waals surface area (Å²) in [6, 6.07) is 7.53. The van der Waals surface area contributed by atoms with E-state index in [1.165, 1.54) is 57.8 Å². The van der Waals surface area contributed by atoms with Crippen molar-refractivity contribution in [1.29, 1.82) is 0 Å². The number of carbonyl (C=O) groups excluding carboxylic acids is 1. The molecule has 0 spiro atoms. The molecular formula is C38H71ClFN3O3. The fraction of sp³-hybridized carbons (Fsp3) is 0.816. The lowest BCUT2D eigenvalue weighted by Gasteiger charge is -2.43. The zero-order chi connectivity index (χ0) is 35.0. The number of nitrogens with zero attached hydrogens (tertiary/aromatic N) is 2. The van der Waals surface area contributed by atoms with Gasteiger partial charge >= 0.3 is 0 Å². The van der Waals surface area contributed by atoms with E-state index in [-0.39, 0.29) is 11.8 Å². The topological polar surface area (TPSA) is 90.0 Å². The molecule has 0 bridgehead atoms. The molecule has 6 nitrogen and oxygen atoms in total. The molecule has 1 aromatic rings. The van der Waals surface area contributed by atoms with Gasteiger partial charge in [0.1, 0.15) is 0 Å². The van der Waals surface area contributed by atoms with Gasteiger partial charge in [-0.05, 0) is 89.1 Å². The standard InChI is InChI=1S/C30H49ClN2O3.2C4H10.FH2N/c1-23(34)10-8-16-30(36,26-13-7-15-28(31)20-26)27-14-9-17-33(22-27)29(35)19-25(21-32(2)3)18-24-11-5-4-6-12-24;2*1-3-4-2;1-2/h7,13,15,20,23-25,27,34,36H,4-6,8-12,14,16-19,21-22H2,1-3H3;2*3-4H2,1-2H3;2H2/t23?,25-,27-,30-;;;/m1.../s1. The minimum Gasteiger partial charge on any atom is -0.393 e. The van der Waals surface area contributed by atoms with Gasteiger partial charge in [-0.3, -0.25) is 4.79 Å². The van der Waals surface area contributed by atoms with Crippen LogP contribution in [0.2, 0.25) is 5.02 Å². The number of carbonyl (C=O) groups is 1. The number of aliphatic hydroxyl groups excluding tert-OH is 1. The van der Waals surface area contributed by atoms with E-state index in [0.29, 0.717) is 36.7 Å². The van der Waals surface area contributed by atoms with Crippen LogP contribution in [0.3, 0.4) is 0 Å². The average molecular weight is 672 g/mol. The number of benzene rings is 1. The summed E-state index contributed by atoms with van der Waals surface area (Å²) in [6.07, 6.45) is 17.0. The molecule has 1 amide bonds. The Balaban J connectivity index is 0.00000178. The van der Waals surface area contributed by atoms with Gasteiger partial charge in [0, 0.05) is 37.0 Å². The van der Waals surface area contributed by atoms with Crippen LogP contribution in [0.25, 0.3) is 0 Å². The van der Waals surface area contributed by atoms with Crippen LogP contribution in [0.4, 0.5) is 4.48 Å². The molecule has 1 saturated carbocycles. The Kier molecular flexibility index (Phi) is 25.9. The van der Waals surface area contributed by atoms with Crippen molar-refractivity contribution in [2.75, 3.05) is 33.7 Å². The summed E-state index contributed by atoms with van der Waals surface area (Å²) in [6.45, 7) is 12.8. The molecule has 4 atom stereocenters. The number of amides is 1. The molecule has 1 saturated heterocycles. The third-order valence-corrected chi connectivity index (χ3v) is 9.67. The molecule has 0 radical (unpaired) electrons. The number of hydrogen-bond donors (Lipinski definition) is 3. The van der Waals surface area contributed by atoms with Gasteiger partial charge in [-0.25, -0.2) is 0 Å². The van der Waals surface area contributed by atoms with Crippen molar-refractivity contribution < 1.29 is 19.5 Å². The van der Waals surface area contributed by atoms with Gasteiger partial charge in [-0.2, -0.15) is 5.96 Å². The molecule has 2 aliphatic rings. The Morgan fingerprint density at radius 3 is 2.17 bits per heavy atom. The van der Waals surface area contributed by atoms with Crippen LogP contribution in [0.1, 0.15) is 143 Å². The quantitative estimate of drug-likeness (QED) is 0.172. The molecule has 270 valence electrons. The van der Waals surface area contributed by atoms with Crippen LogP contribution < -0.4 is 5.96 Å². The Hall–Kier alpha value is -1.25. The van der Waals surface area contributed by atoms with Crippen LogP contribution in [-0.4, -0.2) is 65.8 Å². The molecule has 1 aliphatic carbocycles. The summed E-state index contributed by atoms with van der Waals surface area (Å²) in [5.74, 6) is 4.33. The number of rotatable bonds is 14. The number of aliphatic hydroxyl groups is 2. The summed E-state index contributed by atoms with van der Waals surface area (Å²) in [7, 11) is 4.21. The molecule has 46 heavy (non-hydrogen) atoms. The van der Waals surface area contributed by atoms with Crippen LogP contribution in [0.5, 0.6) is 0 Å². The smallest absolute Gasteiger partial charge is 0.222 e. The van der Waals surface area contributed by atoms with E-state index >= 15 is 0 Å². The highest BCUT2D eigenvalue weighted by Gasteiger charge is 2.41. The van der Waals surface area contributed by atoms with Gasteiger partial charge in [-0.15, -0.1) is 4.48 Å². The van der Waals surface area contributed by atoms with Crippen molar-refractivity contribution in [3.63, 3.8) is 0 Å². The first kappa shape index (κ1) is 44.8. The second-order valence-corrected chi connectivity index (χ2v) is 14.4. The normalized spacial score (nSPS) is 19.3. The monoisotopic (exact) mass is 672 g/mol. The highest BCUT2D eigenvalue weighted by atomic mass is 35.5. The van der Waals surface area contributed by atoms with Crippen molar-refractivity contribution in [2.24, 2.45) is 23.7 Å². The average Bonchev–Trinajstić information content (AvgIpc) is 3.05. The fourth-order valence-electron chi connectivity index (χ4n) is 6.61. The number of nitrogens with two attached hydrogens (primary N) is 1. The van der Waals surface area contributed by atoms with E-state index in [9.17, 15) is 15.0 Å². The molecule has 2 fully saturated rings. The van der Waals surface area contributed by atoms with Crippen molar-refractivity contribution in [3.8, 4) is 0 Å². The third kappa shape index (κ3) is 18.3. The van der Waals surface area contributed by atoms with E-state index in [4.69, 9.17) is 16.1 Å². The van der Waals surface area contributed by atoms with Gasteiger partial charge in [0.05, 0.1) is 11.7 Å². The maximum atomic E-state index is 13.6. The minimum atomic E-state index is -1.07. The van der Waals surface area contributed by atoms with Crippen LogP contribution in [0, 0.1) is 17.8 Å². The first-order valence-corrected chi connectivity index (χ1v) is 18.7. The molecule has 8 heteroatoms. The van der Waals surface area contributed by atoms with E-state index in [1.54, 1.807) is 6.92 Å². The SMILES string of the molecule is CC(O)CCC[C@@](O)(c1cccc(Cl)c1)[C@@H]1CCCN(C(=O)C[C@@H](CC2CCCCC2)CN(C)C)C1.CCCC.CCCC.NF. The van der Waals surface area contributed by atoms with Gasteiger partial charge in [0.25, 0.3) is 0 Å². The predicted molar refractivity (Wildman–Crippen MR) is 194 cm³/mol. The largest absolute Gasteiger partial charge is 0.393 e. The zero-order valence-electron chi connectivity index (χ0n) is 30.6. The van der Waals surface area contributed by atoms with E-state index in [0.717, 1.165) is 50.3 Å². The second kappa shape index (κ2) is 26.7. The minimum absolute atomic E-state index is 0.0479.